The lowest BCUT2D eigenvalue weighted by Gasteiger charge is -2.18. The topological polar surface area (TPSA) is 71.6 Å². The zero-order valence-corrected chi connectivity index (χ0v) is 11.5. The summed E-state index contributed by atoms with van der Waals surface area (Å²) in [5.41, 5.74) is 2.97. The average molecular weight is 275 g/mol. The Hall–Kier alpha value is -2.34. The number of furan rings is 1. The highest BCUT2D eigenvalue weighted by Gasteiger charge is 2.12. The molecule has 0 aliphatic heterocycles. The Kier molecular flexibility index (Phi) is 4.37. The quantitative estimate of drug-likeness (QED) is 0.648. The second-order valence-electron chi connectivity index (χ2n) is 4.65. The van der Waals surface area contributed by atoms with Gasteiger partial charge in [-0.05, 0) is 24.7 Å². The van der Waals surface area contributed by atoms with Gasteiger partial charge in [-0.1, -0.05) is 0 Å². The fourth-order valence-electron chi connectivity index (χ4n) is 2.11. The van der Waals surface area contributed by atoms with E-state index in [1.165, 1.54) is 6.07 Å². The predicted octanol–water partition coefficient (Wildman–Crippen LogP) is 2.86. The summed E-state index contributed by atoms with van der Waals surface area (Å²) in [6, 6.07) is 6.76. The van der Waals surface area contributed by atoms with Gasteiger partial charge in [0.15, 0.2) is 0 Å². The molecule has 0 bridgehead atoms. The van der Waals surface area contributed by atoms with Gasteiger partial charge in [0.1, 0.15) is 0 Å². The minimum atomic E-state index is -0.376. The summed E-state index contributed by atoms with van der Waals surface area (Å²) in [5, 5.41) is 13.9. The third kappa shape index (κ3) is 3.36. The van der Waals surface area contributed by atoms with Crippen molar-refractivity contribution in [2.45, 2.75) is 13.1 Å². The molecule has 0 saturated heterocycles. The molecule has 0 fully saturated rings. The molecule has 0 aliphatic carbocycles. The van der Waals surface area contributed by atoms with Crippen LogP contribution in [0.1, 0.15) is 11.1 Å². The molecule has 2 aromatic rings. The normalized spacial score (nSPS) is 10.8. The van der Waals surface area contributed by atoms with Crippen molar-refractivity contribution in [3.05, 3.63) is 58.0 Å². The molecule has 1 aromatic heterocycles. The maximum absolute atomic E-state index is 10.9. The molecular weight excluding hydrogens is 258 g/mol. The maximum Gasteiger partial charge on any atom is 0.269 e. The first-order valence-electron chi connectivity index (χ1n) is 6.25. The van der Waals surface area contributed by atoms with E-state index in [-0.39, 0.29) is 10.6 Å². The molecule has 0 aliphatic rings. The molecular formula is C14H17N3O3. The molecule has 0 amide bonds. The molecule has 2 rings (SSSR count). The SMILES string of the molecule is CNc1ccc([N+](=O)[O-])cc1CN(C)Cc1ccoc1. The Morgan fingerprint density at radius 2 is 2.15 bits per heavy atom. The molecule has 0 saturated carbocycles. The number of hydrogen-bond donors (Lipinski definition) is 1. The van der Waals surface area contributed by atoms with Gasteiger partial charge in [-0.25, -0.2) is 0 Å². The average Bonchev–Trinajstić information content (AvgIpc) is 2.91. The molecule has 1 aromatic carbocycles. The number of nitro groups is 1. The molecule has 1 N–H and O–H groups in total. The first kappa shape index (κ1) is 14.1. The minimum absolute atomic E-state index is 0.107. The number of non-ortho nitro benzene ring substituents is 1. The molecule has 0 unspecified atom stereocenters. The number of nitrogens with zero attached hydrogens (tertiary/aromatic N) is 2. The van der Waals surface area contributed by atoms with Gasteiger partial charge in [0.05, 0.1) is 17.4 Å². The van der Waals surface area contributed by atoms with Gasteiger partial charge in [-0.15, -0.1) is 0 Å². The number of nitrogens with one attached hydrogen (secondary N) is 1. The lowest BCUT2D eigenvalue weighted by atomic mass is 10.1. The van der Waals surface area contributed by atoms with E-state index in [0.717, 1.165) is 23.4 Å². The lowest BCUT2D eigenvalue weighted by molar-refractivity contribution is -0.384. The summed E-state index contributed by atoms with van der Waals surface area (Å²) >= 11 is 0. The van der Waals surface area contributed by atoms with Crippen LogP contribution in [-0.4, -0.2) is 23.9 Å². The zero-order valence-electron chi connectivity index (χ0n) is 11.5. The molecule has 6 nitrogen and oxygen atoms in total. The first-order chi connectivity index (χ1) is 9.60. The summed E-state index contributed by atoms with van der Waals surface area (Å²) in [7, 11) is 3.77. The molecule has 0 spiro atoms. The van der Waals surface area contributed by atoms with Crippen molar-refractivity contribution in [3.63, 3.8) is 0 Å². The van der Waals surface area contributed by atoms with Crippen LogP contribution >= 0.6 is 0 Å². The molecule has 20 heavy (non-hydrogen) atoms. The third-order valence-corrected chi connectivity index (χ3v) is 3.04. The Balaban J connectivity index is 2.14. The summed E-state index contributed by atoms with van der Waals surface area (Å²) in [5.74, 6) is 0. The monoisotopic (exact) mass is 275 g/mol. The summed E-state index contributed by atoms with van der Waals surface area (Å²) < 4.78 is 5.03. The van der Waals surface area contributed by atoms with Crippen molar-refractivity contribution >= 4 is 11.4 Å². The van der Waals surface area contributed by atoms with E-state index < -0.39 is 0 Å². The number of benzene rings is 1. The number of rotatable bonds is 6. The number of anilines is 1. The molecule has 0 radical (unpaired) electrons. The number of nitro benzene ring substituents is 1. The fraction of sp³-hybridized carbons (Fsp3) is 0.286. The van der Waals surface area contributed by atoms with Crippen LogP contribution in [0.4, 0.5) is 11.4 Å². The summed E-state index contributed by atoms with van der Waals surface area (Å²) in [6.45, 7) is 1.34. The highest BCUT2D eigenvalue weighted by molar-refractivity contribution is 5.55. The van der Waals surface area contributed by atoms with E-state index >= 15 is 0 Å². The van der Waals surface area contributed by atoms with Crippen molar-refractivity contribution in [1.82, 2.24) is 4.90 Å². The molecule has 1 heterocycles. The van der Waals surface area contributed by atoms with Crippen molar-refractivity contribution in [1.29, 1.82) is 0 Å². The van der Waals surface area contributed by atoms with E-state index in [2.05, 4.69) is 10.2 Å². The van der Waals surface area contributed by atoms with Crippen molar-refractivity contribution < 1.29 is 9.34 Å². The smallest absolute Gasteiger partial charge is 0.269 e. The van der Waals surface area contributed by atoms with Crippen LogP contribution in [-0.2, 0) is 13.1 Å². The molecule has 106 valence electrons. The fourth-order valence-corrected chi connectivity index (χ4v) is 2.11. The van der Waals surface area contributed by atoms with Gasteiger partial charge in [0.25, 0.3) is 5.69 Å². The first-order valence-corrected chi connectivity index (χ1v) is 6.25. The van der Waals surface area contributed by atoms with Gasteiger partial charge in [-0.2, -0.15) is 0 Å². The second-order valence-corrected chi connectivity index (χ2v) is 4.65. The maximum atomic E-state index is 10.9. The standard InChI is InChI=1S/C14H17N3O3/c1-15-14-4-3-13(17(18)19)7-12(14)9-16(2)8-11-5-6-20-10-11/h3-7,10,15H,8-9H2,1-2H3. The van der Waals surface area contributed by atoms with E-state index in [4.69, 9.17) is 4.42 Å². The van der Waals surface area contributed by atoms with E-state index in [1.807, 2.05) is 13.1 Å². The van der Waals surface area contributed by atoms with Gasteiger partial charge in [-0.3, -0.25) is 15.0 Å². The minimum Gasteiger partial charge on any atom is -0.472 e. The van der Waals surface area contributed by atoms with Crippen LogP contribution in [0.5, 0.6) is 0 Å². The Bertz CT molecular complexity index is 581. The largest absolute Gasteiger partial charge is 0.472 e. The van der Waals surface area contributed by atoms with E-state index in [9.17, 15) is 10.1 Å². The number of hydrogen-bond acceptors (Lipinski definition) is 5. The highest BCUT2D eigenvalue weighted by atomic mass is 16.6. The van der Waals surface area contributed by atoms with Crippen LogP contribution in [0.15, 0.2) is 41.2 Å². The lowest BCUT2D eigenvalue weighted by Crippen LogP contribution is -2.17. The van der Waals surface area contributed by atoms with Crippen molar-refractivity contribution in [2.75, 3.05) is 19.4 Å². The van der Waals surface area contributed by atoms with Gasteiger partial charge in [0, 0.05) is 43.5 Å². The van der Waals surface area contributed by atoms with Crippen molar-refractivity contribution in [2.24, 2.45) is 0 Å². The van der Waals surface area contributed by atoms with Crippen LogP contribution in [0.2, 0.25) is 0 Å². The van der Waals surface area contributed by atoms with Gasteiger partial charge in [0.2, 0.25) is 0 Å². The summed E-state index contributed by atoms with van der Waals surface area (Å²) in [4.78, 5) is 12.6. The predicted molar refractivity (Wildman–Crippen MR) is 76.5 cm³/mol. The Labute approximate surface area is 117 Å². The third-order valence-electron chi connectivity index (χ3n) is 3.04. The zero-order chi connectivity index (χ0) is 14.5. The van der Waals surface area contributed by atoms with Crippen molar-refractivity contribution in [3.8, 4) is 0 Å². The van der Waals surface area contributed by atoms with Crippen LogP contribution in [0, 0.1) is 10.1 Å². The van der Waals surface area contributed by atoms with Gasteiger partial charge < -0.3 is 9.73 Å². The molecule has 6 heteroatoms. The van der Waals surface area contributed by atoms with Crippen LogP contribution in [0.3, 0.4) is 0 Å². The van der Waals surface area contributed by atoms with Crippen LogP contribution < -0.4 is 5.32 Å². The van der Waals surface area contributed by atoms with Gasteiger partial charge >= 0.3 is 0 Å². The second kappa shape index (κ2) is 6.21. The molecule has 0 atom stereocenters. The van der Waals surface area contributed by atoms with E-state index in [1.54, 1.807) is 31.7 Å². The summed E-state index contributed by atoms with van der Waals surface area (Å²) in [6.07, 6.45) is 3.33. The highest BCUT2D eigenvalue weighted by Crippen LogP contribution is 2.23. The van der Waals surface area contributed by atoms with Crippen LogP contribution in [0.25, 0.3) is 0 Å². The Morgan fingerprint density at radius 1 is 1.35 bits per heavy atom. The Morgan fingerprint density at radius 3 is 2.75 bits per heavy atom. The van der Waals surface area contributed by atoms with E-state index in [0.29, 0.717) is 6.54 Å².